The second-order valence-electron chi connectivity index (χ2n) is 7.16. The number of unbranched alkanes of at least 4 members (excludes halogenated alkanes) is 12. The molecule has 1 rings (SSSR count). The van der Waals surface area contributed by atoms with Crippen molar-refractivity contribution < 1.29 is 14.9 Å². The zero-order valence-electron chi connectivity index (χ0n) is 16.4. The van der Waals surface area contributed by atoms with E-state index in [4.69, 9.17) is 4.74 Å². The molecule has 3 nitrogen and oxygen atoms in total. The molecular weight excluding hydrogens is 312 g/mol. The minimum atomic E-state index is -0.170. The number of phenols is 2. The van der Waals surface area contributed by atoms with E-state index in [1.807, 2.05) is 6.07 Å². The van der Waals surface area contributed by atoms with Crippen molar-refractivity contribution in [1.29, 1.82) is 0 Å². The molecule has 0 heterocycles. The predicted molar refractivity (Wildman–Crippen MR) is 106 cm³/mol. The fraction of sp³-hybridized carbons (Fsp3) is 0.727. The van der Waals surface area contributed by atoms with Crippen LogP contribution in [-0.4, -0.2) is 17.3 Å². The summed E-state index contributed by atoms with van der Waals surface area (Å²) in [5.74, 6) is 0.0883. The van der Waals surface area contributed by atoms with E-state index in [0.29, 0.717) is 5.75 Å². The van der Waals surface area contributed by atoms with Crippen LogP contribution in [0.4, 0.5) is 0 Å². The molecule has 1 aromatic rings. The van der Waals surface area contributed by atoms with Crippen LogP contribution in [0.5, 0.6) is 17.2 Å². The van der Waals surface area contributed by atoms with E-state index in [1.165, 1.54) is 84.2 Å². The Hall–Kier alpha value is -1.38. The molecule has 0 unspecified atom stereocenters. The van der Waals surface area contributed by atoms with Gasteiger partial charge >= 0.3 is 0 Å². The lowest BCUT2D eigenvalue weighted by atomic mass is 10.0. The van der Waals surface area contributed by atoms with Gasteiger partial charge in [0.05, 0.1) is 7.11 Å². The van der Waals surface area contributed by atoms with Gasteiger partial charge in [-0.25, -0.2) is 0 Å². The Balaban J connectivity index is 1.98. The molecule has 0 spiro atoms. The van der Waals surface area contributed by atoms with Crippen molar-refractivity contribution in [2.75, 3.05) is 7.11 Å². The molecule has 0 saturated heterocycles. The van der Waals surface area contributed by atoms with E-state index in [-0.39, 0.29) is 11.5 Å². The number of aryl methyl sites for hydroxylation is 1. The zero-order valence-corrected chi connectivity index (χ0v) is 16.4. The van der Waals surface area contributed by atoms with Gasteiger partial charge in [-0.2, -0.15) is 0 Å². The summed E-state index contributed by atoms with van der Waals surface area (Å²) in [7, 11) is 1.50. The highest BCUT2D eigenvalue weighted by atomic mass is 16.5. The van der Waals surface area contributed by atoms with Gasteiger partial charge in [0.25, 0.3) is 0 Å². The molecule has 0 amide bonds. The minimum Gasteiger partial charge on any atom is -0.504 e. The molecule has 0 aliphatic carbocycles. The summed E-state index contributed by atoms with van der Waals surface area (Å²) in [6.45, 7) is 2.27. The quantitative estimate of drug-likeness (QED) is 0.272. The molecule has 0 aliphatic rings. The van der Waals surface area contributed by atoms with Crippen LogP contribution in [0.25, 0.3) is 0 Å². The molecule has 144 valence electrons. The van der Waals surface area contributed by atoms with Crippen LogP contribution in [0.2, 0.25) is 0 Å². The molecular formula is C22H38O3. The number of benzene rings is 1. The Morgan fingerprint density at radius 2 is 1.20 bits per heavy atom. The van der Waals surface area contributed by atoms with Gasteiger partial charge < -0.3 is 14.9 Å². The normalized spacial score (nSPS) is 11.0. The Morgan fingerprint density at radius 3 is 1.68 bits per heavy atom. The van der Waals surface area contributed by atoms with Crippen LogP contribution < -0.4 is 4.74 Å². The molecule has 0 radical (unpaired) electrons. The number of phenolic OH excluding ortho intramolecular Hbond substituents is 2. The van der Waals surface area contributed by atoms with Crippen molar-refractivity contribution in [1.82, 2.24) is 0 Å². The van der Waals surface area contributed by atoms with Crippen molar-refractivity contribution >= 4 is 0 Å². The minimum absolute atomic E-state index is 0.0935. The number of methoxy groups -OCH3 is 1. The van der Waals surface area contributed by atoms with Gasteiger partial charge in [0.1, 0.15) is 0 Å². The number of rotatable bonds is 15. The lowest BCUT2D eigenvalue weighted by Crippen LogP contribution is -1.90. The van der Waals surface area contributed by atoms with Crippen LogP contribution in [0, 0.1) is 0 Å². The zero-order chi connectivity index (χ0) is 18.3. The highest BCUT2D eigenvalue weighted by Crippen LogP contribution is 2.36. The standard InChI is InChI=1S/C22H38O3/c1-3-4-5-6-7-8-9-10-11-12-13-14-15-16-19-17-20(23)22(24)21(18-19)25-2/h17-18,23-24H,3-16H2,1-2H3. The van der Waals surface area contributed by atoms with Crippen molar-refractivity contribution in [2.45, 2.75) is 96.8 Å². The van der Waals surface area contributed by atoms with E-state index in [0.717, 1.165) is 18.4 Å². The van der Waals surface area contributed by atoms with Gasteiger partial charge in [0, 0.05) is 0 Å². The fourth-order valence-electron chi connectivity index (χ4n) is 3.30. The molecule has 0 aliphatic heterocycles. The Morgan fingerprint density at radius 1 is 0.720 bits per heavy atom. The molecule has 0 bridgehead atoms. The monoisotopic (exact) mass is 350 g/mol. The van der Waals surface area contributed by atoms with Crippen molar-refractivity contribution in [2.24, 2.45) is 0 Å². The van der Waals surface area contributed by atoms with Gasteiger partial charge in [-0.3, -0.25) is 0 Å². The van der Waals surface area contributed by atoms with Crippen LogP contribution in [0.15, 0.2) is 12.1 Å². The number of aromatic hydroxyl groups is 2. The summed E-state index contributed by atoms with van der Waals surface area (Å²) in [4.78, 5) is 0. The second kappa shape index (κ2) is 13.9. The third kappa shape index (κ3) is 9.62. The van der Waals surface area contributed by atoms with Gasteiger partial charge in [-0.1, -0.05) is 84.0 Å². The first-order valence-corrected chi connectivity index (χ1v) is 10.3. The molecule has 3 heteroatoms. The third-order valence-corrected chi connectivity index (χ3v) is 4.90. The van der Waals surface area contributed by atoms with E-state index in [9.17, 15) is 10.2 Å². The number of hydrogen-bond acceptors (Lipinski definition) is 3. The lowest BCUT2D eigenvalue weighted by Gasteiger charge is -2.09. The van der Waals surface area contributed by atoms with Crippen LogP contribution in [0.1, 0.15) is 96.0 Å². The van der Waals surface area contributed by atoms with Gasteiger partial charge in [-0.15, -0.1) is 0 Å². The van der Waals surface area contributed by atoms with Crippen LogP contribution in [-0.2, 0) is 6.42 Å². The van der Waals surface area contributed by atoms with Gasteiger partial charge in [0.15, 0.2) is 11.5 Å². The number of ether oxygens (including phenoxy) is 1. The maximum atomic E-state index is 9.69. The maximum absolute atomic E-state index is 9.69. The Bertz CT molecular complexity index is 457. The SMILES string of the molecule is CCCCCCCCCCCCCCCc1cc(O)c(O)c(OC)c1. The highest BCUT2D eigenvalue weighted by molar-refractivity contribution is 5.51. The van der Waals surface area contributed by atoms with Crippen LogP contribution in [0.3, 0.4) is 0 Å². The van der Waals surface area contributed by atoms with Gasteiger partial charge in [-0.05, 0) is 30.5 Å². The molecule has 0 atom stereocenters. The van der Waals surface area contributed by atoms with Gasteiger partial charge in [0.2, 0.25) is 5.75 Å². The van der Waals surface area contributed by atoms with E-state index in [1.54, 1.807) is 6.07 Å². The lowest BCUT2D eigenvalue weighted by molar-refractivity contribution is 0.350. The van der Waals surface area contributed by atoms with Crippen molar-refractivity contribution in [3.8, 4) is 17.2 Å². The smallest absolute Gasteiger partial charge is 0.200 e. The molecule has 1 aromatic carbocycles. The molecule has 0 aromatic heterocycles. The first-order valence-electron chi connectivity index (χ1n) is 10.3. The highest BCUT2D eigenvalue weighted by Gasteiger charge is 2.09. The third-order valence-electron chi connectivity index (χ3n) is 4.90. The summed E-state index contributed by atoms with van der Waals surface area (Å²) >= 11 is 0. The first kappa shape index (κ1) is 21.7. The number of hydrogen-bond donors (Lipinski definition) is 2. The summed E-state index contributed by atoms with van der Waals surface area (Å²) in [5.41, 5.74) is 1.02. The molecule has 25 heavy (non-hydrogen) atoms. The van der Waals surface area contributed by atoms with E-state index < -0.39 is 0 Å². The topological polar surface area (TPSA) is 49.7 Å². The molecule has 0 saturated carbocycles. The predicted octanol–water partition coefficient (Wildman–Crippen LogP) is 6.74. The van der Waals surface area contributed by atoms with Crippen molar-refractivity contribution in [3.05, 3.63) is 17.7 Å². The fourth-order valence-corrected chi connectivity index (χ4v) is 3.30. The largest absolute Gasteiger partial charge is 0.504 e. The average molecular weight is 351 g/mol. The summed E-state index contributed by atoms with van der Waals surface area (Å²) in [6, 6.07) is 3.45. The Labute approximate surface area is 154 Å². The summed E-state index contributed by atoms with van der Waals surface area (Å²) < 4.78 is 5.08. The maximum Gasteiger partial charge on any atom is 0.200 e. The second-order valence-corrected chi connectivity index (χ2v) is 7.16. The summed E-state index contributed by atoms with van der Waals surface area (Å²) in [6.07, 6.45) is 18.4. The van der Waals surface area contributed by atoms with E-state index >= 15 is 0 Å². The Kier molecular flexibility index (Phi) is 12.0. The van der Waals surface area contributed by atoms with E-state index in [2.05, 4.69) is 6.92 Å². The summed E-state index contributed by atoms with van der Waals surface area (Å²) in [5, 5.41) is 19.3. The molecule has 0 fully saturated rings. The van der Waals surface area contributed by atoms with Crippen molar-refractivity contribution in [3.63, 3.8) is 0 Å². The van der Waals surface area contributed by atoms with Crippen LogP contribution >= 0.6 is 0 Å². The first-order chi connectivity index (χ1) is 12.2. The molecule has 2 N–H and O–H groups in total. The average Bonchev–Trinajstić information content (AvgIpc) is 2.61.